The van der Waals surface area contributed by atoms with Crippen LogP contribution in [0.4, 0.5) is 5.69 Å². The zero-order valence-corrected chi connectivity index (χ0v) is 13.8. The van der Waals surface area contributed by atoms with Crippen LogP contribution in [0, 0.1) is 0 Å². The molecule has 0 saturated heterocycles. The van der Waals surface area contributed by atoms with Crippen LogP contribution in [0.25, 0.3) is 16.6 Å². The van der Waals surface area contributed by atoms with Crippen molar-refractivity contribution in [3.8, 4) is 0 Å². The molecule has 1 aromatic heterocycles. The van der Waals surface area contributed by atoms with Crippen molar-refractivity contribution in [2.75, 3.05) is 4.90 Å². The summed E-state index contributed by atoms with van der Waals surface area (Å²) in [4.78, 5) is 6.66. The first-order valence-electron chi connectivity index (χ1n) is 7.80. The molecule has 0 fully saturated rings. The van der Waals surface area contributed by atoms with Gasteiger partial charge < -0.3 is 4.90 Å². The van der Waals surface area contributed by atoms with E-state index in [1.54, 1.807) is 0 Å². The summed E-state index contributed by atoms with van der Waals surface area (Å²) in [5.41, 5.74) is 6.99. The van der Waals surface area contributed by atoms with Crippen molar-refractivity contribution >= 4 is 33.9 Å². The molecule has 0 radical (unpaired) electrons. The largest absolute Gasteiger partial charge is 0.337 e. The Kier molecular flexibility index (Phi) is 3.35. The van der Waals surface area contributed by atoms with Gasteiger partial charge in [0.05, 0.1) is 5.52 Å². The predicted molar refractivity (Wildman–Crippen MR) is 97.8 cm³/mol. The lowest BCUT2D eigenvalue weighted by Gasteiger charge is -2.20. The molecule has 114 valence electrons. The van der Waals surface area contributed by atoms with Gasteiger partial charge in [-0.1, -0.05) is 43.3 Å². The molecule has 0 bridgehead atoms. The van der Waals surface area contributed by atoms with E-state index in [1.807, 2.05) is 12.1 Å². The van der Waals surface area contributed by atoms with Crippen LogP contribution in [0.5, 0.6) is 0 Å². The molecule has 1 aliphatic rings. The second-order valence-electron chi connectivity index (χ2n) is 5.89. The molecule has 0 atom stereocenters. The molecule has 2 nitrogen and oxygen atoms in total. The first-order chi connectivity index (χ1) is 11.2. The first-order valence-corrected chi connectivity index (χ1v) is 8.18. The Bertz CT molecular complexity index is 930. The van der Waals surface area contributed by atoms with E-state index in [-0.39, 0.29) is 0 Å². The van der Waals surface area contributed by atoms with Crippen molar-refractivity contribution in [1.29, 1.82) is 0 Å². The van der Waals surface area contributed by atoms with Crippen molar-refractivity contribution < 1.29 is 0 Å². The number of halogens is 1. The van der Waals surface area contributed by atoms with E-state index < -0.39 is 0 Å². The Morgan fingerprint density at radius 1 is 1.13 bits per heavy atom. The summed E-state index contributed by atoms with van der Waals surface area (Å²) in [6.45, 7) is 7.33. The Morgan fingerprint density at radius 3 is 2.78 bits per heavy atom. The van der Waals surface area contributed by atoms with Gasteiger partial charge >= 0.3 is 0 Å². The van der Waals surface area contributed by atoms with Gasteiger partial charge in [0.1, 0.15) is 5.15 Å². The average molecular weight is 321 g/mol. The lowest BCUT2D eigenvalue weighted by molar-refractivity contribution is 1.04. The average Bonchev–Trinajstić information content (AvgIpc) is 2.90. The molecule has 0 amide bonds. The van der Waals surface area contributed by atoms with Gasteiger partial charge in [-0.2, -0.15) is 0 Å². The van der Waals surface area contributed by atoms with Gasteiger partial charge in [0, 0.05) is 28.9 Å². The van der Waals surface area contributed by atoms with Crippen LogP contribution >= 0.6 is 11.6 Å². The van der Waals surface area contributed by atoms with Crippen LogP contribution in [0.2, 0.25) is 5.15 Å². The summed E-state index contributed by atoms with van der Waals surface area (Å²) in [5.74, 6) is 0. The maximum absolute atomic E-state index is 6.02. The fraction of sp³-hybridized carbons (Fsp3) is 0.150. The summed E-state index contributed by atoms with van der Waals surface area (Å²) < 4.78 is 0. The summed E-state index contributed by atoms with van der Waals surface area (Å²) in [6.07, 6.45) is 1.04. The number of pyridine rings is 1. The van der Waals surface area contributed by atoms with Crippen LogP contribution in [0.1, 0.15) is 23.6 Å². The summed E-state index contributed by atoms with van der Waals surface area (Å²) in [6, 6.07) is 16.8. The molecule has 0 spiro atoms. The minimum atomic E-state index is 0.519. The number of anilines is 1. The predicted octanol–water partition coefficient (Wildman–Crippen LogP) is 5.44. The SMILES string of the molecule is C=C1c2cc(CC)ccc2CN1c1ccc2ccc(Cl)nc2c1. The Morgan fingerprint density at radius 2 is 1.96 bits per heavy atom. The Balaban J connectivity index is 1.76. The molecular formula is C20H17ClN2. The third kappa shape index (κ3) is 2.40. The monoisotopic (exact) mass is 320 g/mol. The smallest absolute Gasteiger partial charge is 0.129 e. The fourth-order valence-corrected chi connectivity index (χ4v) is 3.31. The molecule has 3 heteroatoms. The minimum Gasteiger partial charge on any atom is -0.337 e. The van der Waals surface area contributed by atoms with E-state index >= 15 is 0 Å². The summed E-state index contributed by atoms with van der Waals surface area (Å²) in [5, 5.41) is 1.61. The molecule has 3 aromatic rings. The highest BCUT2D eigenvalue weighted by Crippen LogP contribution is 2.37. The maximum Gasteiger partial charge on any atom is 0.129 e. The zero-order valence-electron chi connectivity index (χ0n) is 13.0. The number of hydrogen-bond donors (Lipinski definition) is 0. The number of benzene rings is 2. The van der Waals surface area contributed by atoms with Crippen LogP contribution in [-0.2, 0) is 13.0 Å². The number of nitrogens with zero attached hydrogens (tertiary/aromatic N) is 2. The van der Waals surface area contributed by atoms with Gasteiger partial charge in [-0.25, -0.2) is 4.98 Å². The van der Waals surface area contributed by atoms with Crippen LogP contribution in [0.15, 0.2) is 55.1 Å². The van der Waals surface area contributed by atoms with E-state index in [4.69, 9.17) is 11.6 Å². The molecular weight excluding hydrogens is 304 g/mol. The first kappa shape index (κ1) is 14.3. The molecule has 2 aromatic carbocycles. The lowest BCUT2D eigenvalue weighted by Crippen LogP contribution is -2.12. The van der Waals surface area contributed by atoms with Crippen LogP contribution < -0.4 is 4.90 Å². The molecule has 1 aliphatic heterocycles. The topological polar surface area (TPSA) is 16.1 Å². The van der Waals surface area contributed by atoms with Gasteiger partial charge in [0.15, 0.2) is 0 Å². The van der Waals surface area contributed by atoms with Gasteiger partial charge in [-0.15, -0.1) is 0 Å². The highest BCUT2D eigenvalue weighted by molar-refractivity contribution is 6.29. The van der Waals surface area contributed by atoms with Crippen LogP contribution in [0.3, 0.4) is 0 Å². The number of aromatic nitrogens is 1. The molecule has 23 heavy (non-hydrogen) atoms. The molecule has 0 N–H and O–H groups in total. The normalized spacial score (nSPS) is 13.7. The van der Waals surface area contributed by atoms with E-state index in [1.165, 1.54) is 16.7 Å². The van der Waals surface area contributed by atoms with E-state index in [0.717, 1.165) is 35.3 Å². The molecule has 2 heterocycles. The van der Waals surface area contributed by atoms with Crippen LogP contribution in [-0.4, -0.2) is 4.98 Å². The number of fused-ring (bicyclic) bond motifs is 2. The maximum atomic E-state index is 6.02. The third-order valence-electron chi connectivity index (χ3n) is 4.50. The second-order valence-corrected chi connectivity index (χ2v) is 6.28. The summed E-state index contributed by atoms with van der Waals surface area (Å²) >= 11 is 6.02. The second kappa shape index (κ2) is 5.39. The van der Waals surface area contributed by atoms with Crippen molar-refractivity contribution in [3.63, 3.8) is 0 Å². The van der Waals surface area contributed by atoms with Crippen molar-refractivity contribution in [3.05, 3.63) is 77.0 Å². The Hall–Kier alpha value is -2.32. The fourth-order valence-electron chi connectivity index (χ4n) is 3.16. The number of hydrogen-bond acceptors (Lipinski definition) is 2. The molecule has 0 saturated carbocycles. The Labute approximate surface area is 141 Å². The zero-order chi connectivity index (χ0) is 16.0. The van der Waals surface area contributed by atoms with E-state index in [2.05, 4.69) is 59.8 Å². The lowest BCUT2D eigenvalue weighted by atomic mass is 10.0. The van der Waals surface area contributed by atoms with E-state index in [0.29, 0.717) is 5.15 Å². The molecule has 0 aliphatic carbocycles. The van der Waals surface area contributed by atoms with E-state index in [9.17, 15) is 0 Å². The van der Waals surface area contributed by atoms with Gasteiger partial charge in [0.2, 0.25) is 0 Å². The molecule has 0 unspecified atom stereocenters. The number of rotatable bonds is 2. The number of aryl methyl sites for hydroxylation is 1. The van der Waals surface area contributed by atoms with Crippen molar-refractivity contribution in [2.45, 2.75) is 19.9 Å². The van der Waals surface area contributed by atoms with Gasteiger partial charge in [-0.05, 0) is 47.9 Å². The minimum absolute atomic E-state index is 0.519. The van der Waals surface area contributed by atoms with Crippen molar-refractivity contribution in [2.24, 2.45) is 0 Å². The highest BCUT2D eigenvalue weighted by Gasteiger charge is 2.23. The molecule has 4 rings (SSSR count). The highest BCUT2D eigenvalue weighted by atomic mass is 35.5. The van der Waals surface area contributed by atoms with Gasteiger partial charge in [-0.3, -0.25) is 0 Å². The van der Waals surface area contributed by atoms with Gasteiger partial charge in [0.25, 0.3) is 0 Å². The quantitative estimate of drug-likeness (QED) is 0.584. The third-order valence-corrected chi connectivity index (χ3v) is 4.71. The summed E-state index contributed by atoms with van der Waals surface area (Å²) in [7, 11) is 0. The standard InChI is InChI=1S/C20H17ClN2/c1-3-14-4-5-16-12-23(13(2)18(16)10-14)17-8-6-15-7-9-20(21)22-19(15)11-17/h4-11H,2-3,12H2,1H3. The van der Waals surface area contributed by atoms with Crippen molar-refractivity contribution in [1.82, 2.24) is 4.98 Å².